The van der Waals surface area contributed by atoms with Gasteiger partial charge in [0.1, 0.15) is 0 Å². The lowest BCUT2D eigenvalue weighted by molar-refractivity contribution is 0.277. The van der Waals surface area contributed by atoms with E-state index in [4.69, 9.17) is 17.0 Å². The van der Waals surface area contributed by atoms with E-state index in [1.807, 2.05) is 6.07 Å². The molecule has 0 unspecified atom stereocenters. The highest BCUT2D eigenvalue weighted by molar-refractivity contribution is 7.80. The first kappa shape index (κ1) is 13.2. The molecule has 0 radical (unpaired) electrons. The van der Waals surface area contributed by atoms with Crippen LogP contribution in [0.5, 0.6) is 0 Å². The third kappa shape index (κ3) is 5.86. The number of rotatable bonds is 6. The van der Waals surface area contributed by atoms with Gasteiger partial charge in [0.25, 0.3) is 0 Å². The molecule has 0 aromatic heterocycles. The predicted molar refractivity (Wildman–Crippen MR) is 72.8 cm³/mol. The maximum atomic E-state index is 5.51. The smallest absolute Gasteiger partial charge is 0.159 e. The molecular formula is C14H20OS. The van der Waals surface area contributed by atoms with Gasteiger partial charge in [0.15, 0.2) is 5.05 Å². The summed E-state index contributed by atoms with van der Waals surface area (Å²) in [6.07, 6.45) is 2.89. The molecule has 0 fully saturated rings. The van der Waals surface area contributed by atoms with Crippen molar-refractivity contribution in [1.29, 1.82) is 0 Å². The average molecular weight is 236 g/mol. The molecule has 0 N–H and O–H groups in total. The molecule has 0 atom stereocenters. The van der Waals surface area contributed by atoms with Crippen LogP contribution in [-0.4, -0.2) is 11.7 Å². The lowest BCUT2D eigenvalue weighted by Crippen LogP contribution is -2.06. The van der Waals surface area contributed by atoms with Crippen molar-refractivity contribution in [2.75, 3.05) is 6.61 Å². The van der Waals surface area contributed by atoms with E-state index in [0.717, 1.165) is 30.9 Å². The molecule has 0 spiro atoms. The lowest BCUT2D eigenvalue weighted by atomic mass is 10.1. The van der Waals surface area contributed by atoms with Crippen molar-refractivity contribution < 1.29 is 4.74 Å². The molecular weight excluding hydrogens is 216 g/mol. The van der Waals surface area contributed by atoms with Crippen LogP contribution < -0.4 is 0 Å². The third-order valence-corrected chi connectivity index (χ3v) is 2.74. The summed E-state index contributed by atoms with van der Waals surface area (Å²) in [6, 6.07) is 10.4. The van der Waals surface area contributed by atoms with Gasteiger partial charge < -0.3 is 4.74 Å². The molecule has 0 aliphatic heterocycles. The predicted octanol–water partition coefficient (Wildman–Crippen LogP) is 4.01. The Morgan fingerprint density at radius 2 is 1.94 bits per heavy atom. The van der Waals surface area contributed by atoms with Gasteiger partial charge in [-0.3, -0.25) is 0 Å². The van der Waals surface area contributed by atoms with E-state index >= 15 is 0 Å². The molecule has 88 valence electrons. The second kappa shape index (κ2) is 7.39. The van der Waals surface area contributed by atoms with Crippen LogP contribution in [0.1, 0.15) is 32.3 Å². The maximum Gasteiger partial charge on any atom is 0.159 e. The molecule has 0 aliphatic rings. The van der Waals surface area contributed by atoms with Gasteiger partial charge in [0.2, 0.25) is 0 Å². The van der Waals surface area contributed by atoms with E-state index in [9.17, 15) is 0 Å². The van der Waals surface area contributed by atoms with Gasteiger partial charge in [-0.15, -0.1) is 0 Å². The van der Waals surface area contributed by atoms with Crippen molar-refractivity contribution in [2.45, 2.75) is 33.1 Å². The molecule has 1 nitrogen and oxygen atoms in total. The van der Waals surface area contributed by atoms with Crippen LogP contribution in [0, 0.1) is 5.92 Å². The summed E-state index contributed by atoms with van der Waals surface area (Å²) >= 11 is 5.18. The van der Waals surface area contributed by atoms with E-state index < -0.39 is 0 Å². The normalized spacial score (nSPS) is 10.4. The zero-order valence-corrected chi connectivity index (χ0v) is 10.9. The van der Waals surface area contributed by atoms with Crippen LogP contribution in [0.15, 0.2) is 30.3 Å². The van der Waals surface area contributed by atoms with Crippen LogP contribution in [0.2, 0.25) is 0 Å². The fourth-order valence-corrected chi connectivity index (χ4v) is 1.56. The zero-order valence-electron chi connectivity index (χ0n) is 10.1. The molecule has 0 aliphatic carbocycles. The summed E-state index contributed by atoms with van der Waals surface area (Å²) in [5, 5.41) is 0.740. The first-order valence-electron chi connectivity index (χ1n) is 5.88. The number of benzene rings is 1. The molecule has 2 heteroatoms. The monoisotopic (exact) mass is 236 g/mol. The highest BCUT2D eigenvalue weighted by Gasteiger charge is 2.00. The first-order chi connectivity index (χ1) is 7.68. The summed E-state index contributed by atoms with van der Waals surface area (Å²) in [5.74, 6) is 0.678. The standard InChI is InChI=1S/C14H20OS/c1-12(2)10-11-15-14(16)9-8-13-6-4-3-5-7-13/h3-7,12H,8-11H2,1-2H3. The molecule has 0 bridgehead atoms. The molecule has 1 rings (SSSR count). The number of thiocarbonyl (C=S) groups is 1. The van der Waals surface area contributed by atoms with Crippen LogP contribution in [-0.2, 0) is 11.2 Å². The quantitative estimate of drug-likeness (QED) is 0.690. The van der Waals surface area contributed by atoms with Crippen molar-refractivity contribution in [3.05, 3.63) is 35.9 Å². The van der Waals surface area contributed by atoms with Gasteiger partial charge in [-0.1, -0.05) is 44.2 Å². The Kier molecular flexibility index (Phi) is 6.09. The Balaban J connectivity index is 2.16. The molecule has 0 heterocycles. The number of ether oxygens (including phenoxy) is 1. The highest BCUT2D eigenvalue weighted by atomic mass is 32.1. The molecule has 0 saturated carbocycles. The fourth-order valence-electron chi connectivity index (χ4n) is 1.37. The van der Waals surface area contributed by atoms with E-state index in [1.165, 1.54) is 5.56 Å². The highest BCUT2D eigenvalue weighted by Crippen LogP contribution is 2.05. The molecule has 1 aromatic carbocycles. The number of hydrogen-bond donors (Lipinski definition) is 0. The lowest BCUT2D eigenvalue weighted by Gasteiger charge is -2.08. The Bertz CT molecular complexity index is 306. The molecule has 1 aromatic rings. The minimum atomic E-state index is 0.678. The van der Waals surface area contributed by atoms with Crippen molar-refractivity contribution in [1.82, 2.24) is 0 Å². The van der Waals surface area contributed by atoms with Crippen molar-refractivity contribution in [2.24, 2.45) is 5.92 Å². The summed E-state index contributed by atoms with van der Waals surface area (Å²) in [4.78, 5) is 0. The summed E-state index contributed by atoms with van der Waals surface area (Å²) in [6.45, 7) is 5.14. The first-order valence-corrected chi connectivity index (χ1v) is 6.29. The fraction of sp³-hybridized carbons (Fsp3) is 0.500. The van der Waals surface area contributed by atoms with Crippen LogP contribution in [0.4, 0.5) is 0 Å². The molecule has 16 heavy (non-hydrogen) atoms. The summed E-state index contributed by atoms with van der Waals surface area (Å²) in [5.41, 5.74) is 1.32. The Morgan fingerprint density at radius 3 is 2.56 bits per heavy atom. The number of aryl methyl sites for hydroxylation is 1. The van der Waals surface area contributed by atoms with Crippen LogP contribution >= 0.6 is 12.2 Å². The topological polar surface area (TPSA) is 9.23 Å². The van der Waals surface area contributed by atoms with Gasteiger partial charge in [-0.2, -0.15) is 0 Å². The zero-order chi connectivity index (χ0) is 11.8. The second-order valence-corrected chi connectivity index (χ2v) is 4.84. The number of hydrogen-bond acceptors (Lipinski definition) is 2. The molecule has 0 saturated heterocycles. The minimum Gasteiger partial charge on any atom is -0.487 e. The Labute approximate surface area is 104 Å². The van der Waals surface area contributed by atoms with E-state index in [-0.39, 0.29) is 0 Å². The summed E-state index contributed by atoms with van der Waals surface area (Å²) in [7, 11) is 0. The Morgan fingerprint density at radius 1 is 1.25 bits per heavy atom. The van der Waals surface area contributed by atoms with Crippen molar-refractivity contribution in [3.63, 3.8) is 0 Å². The van der Waals surface area contributed by atoms with Crippen molar-refractivity contribution >= 4 is 17.3 Å². The van der Waals surface area contributed by atoms with Gasteiger partial charge in [-0.05, 0) is 36.5 Å². The van der Waals surface area contributed by atoms with E-state index in [1.54, 1.807) is 0 Å². The van der Waals surface area contributed by atoms with Gasteiger partial charge in [0.05, 0.1) is 6.61 Å². The van der Waals surface area contributed by atoms with Gasteiger partial charge in [-0.25, -0.2) is 0 Å². The van der Waals surface area contributed by atoms with Crippen LogP contribution in [0.25, 0.3) is 0 Å². The largest absolute Gasteiger partial charge is 0.487 e. The molecule has 0 amide bonds. The second-order valence-electron chi connectivity index (χ2n) is 4.39. The van der Waals surface area contributed by atoms with Crippen molar-refractivity contribution in [3.8, 4) is 0 Å². The van der Waals surface area contributed by atoms with Crippen LogP contribution in [0.3, 0.4) is 0 Å². The minimum absolute atomic E-state index is 0.678. The SMILES string of the molecule is CC(C)CCOC(=S)CCc1ccccc1. The third-order valence-electron chi connectivity index (χ3n) is 2.42. The van der Waals surface area contributed by atoms with E-state index in [0.29, 0.717) is 5.92 Å². The average Bonchev–Trinajstić information content (AvgIpc) is 2.27. The summed E-state index contributed by atoms with van der Waals surface area (Å²) < 4.78 is 5.51. The van der Waals surface area contributed by atoms with Gasteiger partial charge in [0, 0.05) is 6.42 Å². The maximum absolute atomic E-state index is 5.51. The van der Waals surface area contributed by atoms with E-state index in [2.05, 4.69) is 38.1 Å². The Hall–Kier alpha value is -0.890. The van der Waals surface area contributed by atoms with Gasteiger partial charge >= 0.3 is 0 Å².